The minimum absolute atomic E-state index is 0.124. The van der Waals surface area contributed by atoms with Gasteiger partial charge < -0.3 is 9.30 Å². The summed E-state index contributed by atoms with van der Waals surface area (Å²) in [6.07, 6.45) is 0.595. The van der Waals surface area contributed by atoms with Crippen LogP contribution < -0.4 is 0 Å². The van der Waals surface area contributed by atoms with Gasteiger partial charge in [0.25, 0.3) is 0 Å². The molecule has 2 rings (SSSR count). The number of carbonyl (C=O) groups excluding carboxylic acids is 1. The molecule has 0 saturated heterocycles. The predicted octanol–water partition coefficient (Wildman–Crippen LogP) is 3.81. The summed E-state index contributed by atoms with van der Waals surface area (Å²) in [5.74, 6) is -0.390. The van der Waals surface area contributed by atoms with Crippen molar-refractivity contribution in [2.24, 2.45) is 0 Å². The maximum absolute atomic E-state index is 13.4. The van der Waals surface area contributed by atoms with Gasteiger partial charge in [-0.25, -0.2) is 9.37 Å². The normalized spacial score (nSPS) is 12.9. The van der Waals surface area contributed by atoms with Crippen LogP contribution in [0.1, 0.15) is 51.9 Å². The molecule has 114 valence electrons. The van der Waals surface area contributed by atoms with Crippen LogP contribution in [0.25, 0.3) is 11.0 Å². The fraction of sp³-hybridized carbons (Fsp3) is 0.500. The van der Waals surface area contributed by atoms with E-state index < -0.39 is 5.92 Å². The average Bonchev–Trinajstić information content (AvgIpc) is 2.77. The highest BCUT2D eigenvalue weighted by molar-refractivity contribution is 5.81. The molecule has 4 nitrogen and oxygen atoms in total. The largest absolute Gasteiger partial charge is 0.465 e. The van der Waals surface area contributed by atoms with E-state index in [0.29, 0.717) is 24.4 Å². The summed E-state index contributed by atoms with van der Waals surface area (Å²) < 4.78 is 20.5. The number of carbonyl (C=O) groups is 1. The Morgan fingerprint density at radius 1 is 1.38 bits per heavy atom. The van der Waals surface area contributed by atoms with E-state index >= 15 is 0 Å². The van der Waals surface area contributed by atoms with Crippen molar-refractivity contribution in [3.05, 3.63) is 29.8 Å². The number of rotatable bonds is 5. The Labute approximate surface area is 123 Å². The SMILES string of the molecule is CCOC(=O)C(CC)c1nc2cc(F)ccc2n1C(C)C. The number of aromatic nitrogens is 2. The van der Waals surface area contributed by atoms with Crippen molar-refractivity contribution in [2.75, 3.05) is 6.61 Å². The van der Waals surface area contributed by atoms with Gasteiger partial charge in [0.1, 0.15) is 17.6 Å². The first-order valence-electron chi connectivity index (χ1n) is 7.33. The first-order valence-corrected chi connectivity index (χ1v) is 7.33. The zero-order valence-electron chi connectivity index (χ0n) is 12.9. The predicted molar refractivity (Wildman–Crippen MR) is 79.7 cm³/mol. The van der Waals surface area contributed by atoms with Crippen LogP contribution in [0.5, 0.6) is 0 Å². The topological polar surface area (TPSA) is 44.1 Å². The molecule has 0 amide bonds. The molecule has 0 aliphatic heterocycles. The third kappa shape index (κ3) is 2.91. The molecular formula is C16H21FN2O2. The molecule has 1 aromatic heterocycles. The molecule has 0 spiro atoms. The lowest BCUT2D eigenvalue weighted by Gasteiger charge is -2.18. The Bertz CT molecular complexity index is 649. The first kappa shape index (κ1) is 15.5. The van der Waals surface area contributed by atoms with Crippen LogP contribution in [-0.2, 0) is 9.53 Å². The lowest BCUT2D eigenvalue weighted by molar-refractivity contribution is -0.145. The zero-order chi connectivity index (χ0) is 15.6. The van der Waals surface area contributed by atoms with Gasteiger partial charge in [0, 0.05) is 12.1 Å². The molecule has 0 aliphatic carbocycles. The Kier molecular flexibility index (Phi) is 4.60. The molecule has 0 saturated carbocycles. The number of fused-ring (bicyclic) bond motifs is 1. The maximum Gasteiger partial charge on any atom is 0.316 e. The number of imidazole rings is 1. The number of benzene rings is 1. The van der Waals surface area contributed by atoms with Crippen molar-refractivity contribution < 1.29 is 13.9 Å². The van der Waals surface area contributed by atoms with Crippen molar-refractivity contribution >= 4 is 17.0 Å². The van der Waals surface area contributed by atoms with Gasteiger partial charge >= 0.3 is 5.97 Å². The van der Waals surface area contributed by atoms with Gasteiger partial charge in [-0.2, -0.15) is 0 Å². The van der Waals surface area contributed by atoms with E-state index in [9.17, 15) is 9.18 Å². The molecule has 0 fully saturated rings. The highest BCUT2D eigenvalue weighted by atomic mass is 19.1. The van der Waals surface area contributed by atoms with Crippen LogP contribution in [0, 0.1) is 5.82 Å². The fourth-order valence-electron chi connectivity index (χ4n) is 2.58. The second-order valence-electron chi connectivity index (χ2n) is 5.28. The Morgan fingerprint density at radius 2 is 2.10 bits per heavy atom. The lowest BCUT2D eigenvalue weighted by atomic mass is 10.1. The van der Waals surface area contributed by atoms with Gasteiger partial charge in [-0.05, 0) is 39.3 Å². The van der Waals surface area contributed by atoms with Crippen LogP contribution in [0.15, 0.2) is 18.2 Å². The molecule has 1 heterocycles. The van der Waals surface area contributed by atoms with E-state index in [0.717, 1.165) is 5.52 Å². The minimum Gasteiger partial charge on any atom is -0.465 e. The van der Waals surface area contributed by atoms with E-state index in [1.165, 1.54) is 12.1 Å². The van der Waals surface area contributed by atoms with E-state index in [1.54, 1.807) is 13.0 Å². The standard InChI is InChI=1S/C16H21FN2O2/c1-5-12(16(20)21-6-2)15-18-13-9-11(17)7-8-14(13)19(15)10(3)4/h7-10,12H,5-6H2,1-4H3. The van der Waals surface area contributed by atoms with Gasteiger partial charge in [-0.3, -0.25) is 4.79 Å². The van der Waals surface area contributed by atoms with Crippen molar-refractivity contribution in [3.63, 3.8) is 0 Å². The summed E-state index contributed by atoms with van der Waals surface area (Å²) in [4.78, 5) is 16.6. The maximum atomic E-state index is 13.4. The van der Waals surface area contributed by atoms with Gasteiger partial charge in [0.2, 0.25) is 0 Å². The van der Waals surface area contributed by atoms with E-state index in [1.807, 2.05) is 25.3 Å². The summed E-state index contributed by atoms with van der Waals surface area (Å²) in [7, 11) is 0. The van der Waals surface area contributed by atoms with Gasteiger partial charge in [0.05, 0.1) is 17.6 Å². The molecule has 5 heteroatoms. The third-order valence-corrected chi connectivity index (χ3v) is 3.49. The van der Waals surface area contributed by atoms with Crippen molar-refractivity contribution in [2.45, 2.75) is 46.1 Å². The quantitative estimate of drug-likeness (QED) is 0.787. The third-order valence-electron chi connectivity index (χ3n) is 3.49. The molecule has 2 aromatic rings. The number of hydrogen-bond donors (Lipinski definition) is 0. The summed E-state index contributed by atoms with van der Waals surface area (Å²) in [5.41, 5.74) is 1.41. The molecule has 0 N–H and O–H groups in total. The molecule has 1 unspecified atom stereocenters. The Morgan fingerprint density at radius 3 is 2.67 bits per heavy atom. The highest BCUT2D eigenvalue weighted by Gasteiger charge is 2.27. The van der Waals surface area contributed by atoms with E-state index in [-0.39, 0.29) is 17.8 Å². The summed E-state index contributed by atoms with van der Waals surface area (Å²) in [6.45, 7) is 8.08. The number of esters is 1. The Hall–Kier alpha value is -1.91. The van der Waals surface area contributed by atoms with Crippen molar-refractivity contribution in [3.8, 4) is 0 Å². The molecule has 1 aromatic carbocycles. The van der Waals surface area contributed by atoms with Crippen LogP contribution in [0.3, 0.4) is 0 Å². The monoisotopic (exact) mass is 292 g/mol. The molecule has 0 aliphatic rings. The lowest BCUT2D eigenvalue weighted by Crippen LogP contribution is -2.20. The summed E-state index contributed by atoms with van der Waals surface area (Å²) >= 11 is 0. The first-order chi connectivity index (χ1) is 9.99. The molecule has 1 atom stereocenters. The van der Waals surface area contributed by atoms with Crippen molar-refractivity contribution in [1.82, 2.24) is 9.55 Å². The van der Waals surface area contributed by atoms with Crippen LogP contribution in [-0.4, -0.2) is 22.1 Å². The number of nitrogens with zero attached hydrogens (tertiary/aromatic N) is 2. The summed E-state index contributed by atoms with van der Waals surface area (Å²) in [6, 6.07) is 4.64. The Balaban J connectivity index is 2.60. The second-order valence-corrected chi connectivity index (χ2v) is 5.28. The van der Waals surface area contributed by atoms with E-state index in [2.05, 4.69) is 4.98 Å². The zero-order valence-corrected chi connectivity index (χ0v) is 12.9. The second kappa shape index (κ2) is 6.24. The van der Waals surface area contributed by atoms with Crippen molar-refractivity contribution in [1.29, 1.82) is 0 Å². The molecule has 21 heavy (non-hydrogen) atoms. The molecule has 0 bridgehead atoms. The molecular weight excluding hydrogens is 271 g/mol. The average molecular weight is 292 g/mol. The van der Waals surface area contributed by atoms with E-state index in [4.69, 9.17) is 4.74 Å². The molecule has 0 radical (unpaired) electrons. The summed E-state index contributed by atoms with van der Waals surface area (Å²) in [5, 5.41) is 0. The van der Waals surface area contributed by atoms with Crippen LogP contribution in [0.2, 0.25) is 0 Å². The number of ether oxygens (including phenoxy) is 1. The van der Waals surface area contributed by atoms with Gasteiger partial charge in [0.15, 0.2) is 0 Å². The van der Waals surface area contributed by atoms with Crippen LogP contribution in [0.4, 0.5) is 4.39 Å². The van der Waals surface area contributed by atoms with Gasteiger partial charge in [-0.15, -0.1) is 0 Å². The van der Waals surface area contributed by atoms with Gasteiger partial charge in [-0.1, -0.05) is 6.92 Å². The fourth-order valence-corrected chi connectivity index (χ4v) is 2.58. The number of halogens is 1. The number of hydrogen-bond acceptors (Lipinski definition) is 3. The smallest absolute Gasteiger partial charge is 0.316 e. The van der Waals surface area contributed by atoms with Crippen LogP contribution >= 0.6 is 0 Å². The highest BCUT2D eigenvalue weighted by Crippen LogP contribution is 2.29. The minimum atomic E-state index is -0.428.